The van der Waals surface area contributed by atoms with E-state index in [1.165, 1.54) is 0 Å². The van der Waals surface area contributed by atoms with E-state index in [1.807, 2.05) is 26.8 Å². The molecule has 102 valence electrons. The number of rotatable bonds is 2. The number of hydrogen-bond donors (Lipinski definition) is 1. The van der Waals surface area contributed by atoms with Gasteiger partial charge in [-0.15, -0.1) is 0 Å². The molecule has 0 aromatic carbocycles. The number of aromatic nitrogens is 1. The van der Waals surface area contributed by atoms with E-state index in [0.717, 1.165) is 23.6 Å². The van der Waals surface area contributed by atoms with Gasteiger partial charge in [0.05, 0.1) is 18.3 Å². The first kappa shape index (κ1) is 13.8. The second-order valence-corrected chi connectivity index (χ2v) is 5.11. The maximum atomic E-state index is 9.32. The predicted octanol–water partition coefficient (Wildman–Crippen LogP) is 1.12. The fourth-order valence-corrected chi connectivity index (χ4v) is 2.37. The molecule has 1 aromatic rings. The number of nitrogens with zero attached hydrogens (tertiary/aromatic N) is 3. The van der Waals surface area contributed by atoms with Gasteiger partial charge in [-0.3, -0.25) is 0 Å². The maximum Gasteiger partial charge on any atom is 0.147 e. The van der Waals surface area contributed by atoms with Crippen LogP contribution in [0.25, 0.3) is 0 Å². The smallest absolute Gasteiger partial charge is 0.147 e. The van der Waals surface area contributed by atoms with Gasteiger partial charge in [-0.2, -0.15) is 5.26 Å². The first-order valence-electron chi connectivity index (χ1n) is 6.53. The average molecular weight is 260 g/mol. The van der Waals surface area contributed by atoms with E-state index < -0.39 is 0 Å². The Balaban J connectivity index is 2.33. The third kappa shape index (κ3) is 2.86. The Morgan fingerprint density at radius 3 is 2.95 bits per heavy atom. The van der Waals surface area contributed by atoms with Gasteiger partial charge in [-0.25, -0.2) is 4.98 Å². The van der Waals surface area contributed by atoms with Crippen molar-refractivity contribution in [2.24, 2.45) is 5.73 Å². The number of nitriles is 1. The zero-order valence-electron chi connectivity index (χ0n) is 11.7. The second-order valence-electron chi connectivity index (χ2n) is 5.11. The largest absolute Gasteiger partial charge is 0.373 e. The zero-order chi connectivity index (χ0) is 14.0. The summed E-state index contributed by atoms with van der Waals surface area (Å²) in [6, 6.07) is 4.16. The van der Waals surface area contributed by atoms with Gasteiger partial charge in [-0.1, -0.05) is 0 Å². The molecule has 0 aliphatic carbocycles. The van der Waals surface area contributed by atoms with E-state index in [0.29, 0.717) is 18.7 Å². The Bertz CT molecular complexity index is 507. The fourth-order valence-electron chi connectivity index (χ4n) is 2.37. The number of anilines is 1. The van der Waals surface area contributed by atoms with Crippen LogP contribution in [0.5, 0.6) is 0 Å². The van der Waals surface area contributed by atoms with Crippen LogP contribution in [0.3, 0.4) is 0 Å². The molecule has 2 N–H and O–H groups in total. The van der Waals surface area contributed by atoms with Crippen LogP contribution in [0.1, 0.15) is 23.7 Å². The van der Waals surface area contributed by atoms with Gasteiger partial charge in [0, 0.05) is 24.8 Å². The summed E-state index contributed by atoms with van der Waals surface area (Å²) >= 11 is 0. The van der Waals surface area contributed by atoms with Crippen LogP contribution < -0.4 is 10.6 Å². The minimum absolute atomic E-state index is 0.0112. The highest BCUT2D eigenvalue weighted by atomic mass is 16.5. The van der Waals surface area contributed by atoms with E-state index >= 15 is 0 Å². The van der Waals surface area contributed by atoms with Crippen LogP contribution in [-0.4, -0.2) is 36.8 Å². The Hall–Kier alpha value is -1.64. The lowest BCUT2D eigenvalue weighted by Crippen LogP contribution is -2.50. The van der Waals surface area contributed by atoms with Crippen molar-refractivity contribution in [3.8, 4) is 6.07 Å². The number of pyridine rings is 1. The maximum absolute atomic E-state index is 9.32. The topological polar surface area (TPSA) is 75.2 Å². The van der Waals surface area contributed by atoms with Gasteiger partial charge in [0.2, 0.25) is 0 Å². The molecule has 1 aliphatic heterocycles. The number of hydrogen-bond acceptors (Lipinski definition) is 5. The highest BCUT2D eigenvalue weighted by molar-refractivity contribution is 5.58. The van der Waals surface area contributed by atoms with Crippen LogP contribution in [0, 0.1) is 25.2 Å². The number of ether oxygens (including phenoxy) is 1. The van der Waals surface area contributed by atoms with Gasteiger partial charge in [0.25, 0.3) is 0 Å². The molecular weight excluding hydrogens is 240 g/mol. The molecule has 0 spiro atoms. The molecule has 1 aliphatic rings. The molecule has 5 heteroatoms. The van der Waals surface area contributed by atoms with Crippen LogP contribution in [0.4, 0.5) is 5.82 Å². The lowest BCUT2D eigenvalue weighted by atomic mass is 10.1. The molecule has 0 radical (unpaired) electrons. The van der Waals surface area contributed by atoms with E-state index in [2.05, 4.69) is 16.0 Å². The first-order chi connectivity index (χ1) is 9.02. The third-order valence-electron chi connectivity index (χ3n) is 3.42. The normalized spacial score (nSPS) is 21.0. The third-order valence-corrected chi connectivity index (χ3v) is 3.42. The van der Waals surface area contributed by atoms with Gasteiger partial charge < -0.3 is 15.4 Å². The van der Waals surface area contributed by atoms with Crippen molar-refractivity contribution >= 4 is 5.82 Å². The lowest BCUT2D eigenvalue weighted by Gasteiger charge is -2.36. The summed E-state index contributed by atoms with van der Waals surface area (Å²) < 4.78 is 5.65. The SMILES string of the molecule is Cc1cc(C)c(C#N)c(N2CCOC(C(C)N)C2)n1. The first-order valence-corrected chi connectivity index (χ1v) is 6.53. The Morgan fingerprint density at radius 1 is 1.58 bits per heavy atom. The van der Waals surface area contributed by atoms with Crippen molar-refractivity contribution in [3.05, 3.63) is 22.9 Å². The average Bonchev–Trinajstić information content (AvgIpc) is 2.38. The van der Waals surface area contributed by atoms with E-state index in [1.54, 1.807) is 0 Å². The summed E-state index contributed by atoms with van der Waals surface area (Å²) in [7, 11) is 0. The molecular formula is C14H20N4O. The minimum Gasteiger partial charge on any atom is -0.373 e. The molecule has 0 amide bonds. The summed E-state index contributed by atoms with van der Waals surface area (Å²) in [6.45, 7) is 7.87. The molecule has 2 unspecified atom stereocenters. The Morgan fingerprint density at radius 2 is 2.32 bits per heavy atom. The highest BCUT2D eigenvalue weighted by Gasteiger charge is 2.26. The lowest BCUT2D eigenvalue weighted by molar-refractivity contribution is 0.0273. The second kappa shape index (κ2) is 5.55. The van der Waals surface area contributed by atoms with Crippen molar-refractivity contribution in [2.45, 2.75) is 32.9 Å². The van der Waals surface area contributed by atoms with Crippen LogP contribution in [0.15, 0.2) is 6.07 Å². The zero-order valence-corrected chi connectivity index (χ0v) is 11.7. The van der Waals surface area contributed by atoms with E-state index in [4.69, 9.17) is 10.5 Å². The van der Waals surface area contributed by atoms with Gasteiger partial charge >= 0.3 is 0 Å². The molecule has 2 rings (SSSR count). The van der Waals surface area contributed by atoms with Gasteiger partial charge in [0.15, 0.2) is 0 Å². The Kier molecular flexibility index (Phi) is 4.03. The van der Waals surface area contributed by atoms with Crippen molar-refractivity contribution in [1.82, 2.24) is 4.98 Å². The molecule has 19 heavy (non-hydrogen) atoms. The number of morpholine rings is 1. The molecule has 1 aromatic heterocycles. The quantitative estimate of drug-likeness (QED) is 0.862. The summed E-state index contributed by atoms with van der Waals surface area (Å²) in [5.74, 6) is 0.758. The number of nitrogens with two attached hydrogens (primary N) is 1. The van der Waals surface area contributed by atoms with Crippen molar-refractivity contribution < 1.29 is 4.74 Å². The summed E-state index contributed by atoms with van der Waals surface area (Å²) in [6.07, 6.45) is -0.0112. The number of aryl methyl sites for hydroxylation is 2. The highest BCUT2D eigenvalue weighted by Crippen LogP contribution is 2.24. The van der Waals surface area contributed by atoms with Crippen LogP contribution in [0.2, 0.25) is 0 Å². The van der Waals surface area contributed by atoms with Crippen molar-refractivity contribution in [3.63, 3.8) is 0 Å². The fraction of sp³-hybridized carbons (Fsp3) is 0.571. The molecule has 1 saturated heterocycles. The Labute approximate surface area is 114 Å². The summed E-state index contributed by atoms with van der Waals surface area (Å²) in [5, 5.41) is 9.32. The van der Waals surface area contributed by atoms with E-state index in [9.17, 15) is 5.26 Å². The molecule has 2 heterocycles. The van der Waals surface area contributed by atoms with Crippen LogP contribution in [-0.2, 0) is 4.74 Å². The molecule has 2 atom stereocenters. The standard InChI is InChI=1S/C14H20N4O/c1-9-6-10(2)17-14(12(9)7-15)18-4-5-19-13(8-18)11(3)16/h6,11,13H,4-5,8,16H2,1-3H3. The summed E-state index contributed by atoms with van der Waals surface area (Å²) in [5.41, 5.74) is 8.44. The van der Waals surface area contributed by atoms with Crippen LogP contribution >= 0.6 is 0 Å². The minimum atomic E-state index is -0.0285. The molecule has 0 bridgehead atoms. The molecule has 0 saturated carbocycles. The predicted molar refractivity (Wildman–Crippen MR) is 74.0 cm³/mol. The monoisotopic (exact) mass is 260 g/mol. The van der Waals surface area contributed by atoms with Crippen molar-refractivity contribution in [2.75, 3.05) is 24.6 Å². The molecule has 5 nitrogen and oxygen atoms in total. The van der Waals surface area contributed by atoms with Gasteiger partial charge in [-0.05, 0) is 32.4 Å². The molecule has 1 fully saturated rings. The van der Waals surface area contributed by atoms with Gasteiger partial charge in [0.1, 0.15) is 11.9 Å². The summed E-state index contributed by atoms with van der Waals surface area (Å²) in [4.78, 5) is 6.64. The van der Waals surface area contributed by atoms with E-state index in [-0.39, 0.29) is 12.1 Å². The van der Waals surface area contributed by atoms with Crippen molar-refractivity contribution in [1.29, 1.82) is 5.26 Å².